The van der Waals surface area contributed by atoms with Gasteiger partial charge in [0.25, 0.3) is 0 Å². The number of benzene rings is 1. The van der Waals surface area contributed by atoms with E-state index in [2.05, 4.69) is 14.9 Å². The largest absolute Gasteiger partial charge is 0.496 e. The number of nitrogen functional groups attached to an aromatic ring is 1. The molecule has 0 bridgehead atoms. The Labute approximate surface area is 93.2 Å². The number of ether oxygens (including phenoxy) is 1. The maximum atomic E-state index is 5.66. The fraction of sp³-hybridized carbons (Fsp3) is 0.273. The predicted octanol–water partition coefficient (Wildman–Crippen LogP) is 1.94. The van der Waals surface area contributed by atoms with E-state index in [1.165, 1.54) is 0 Å². The lowest BCUT2D eigenvalue weighted by molar-refractivity contribution is 0.310. The number of hydrogen-bond acceptors (Lipinski definition) is 5. The first kappa shape index (κ1) is 10.5. The van der Waals surface area contributed by atoms with E-state index < -0.39 is 0 Å². The van der Waals surface area contributed by atoms with Crippen molar-refractivity contribution < 1.29 is 9.37 Å². The molecule has 1 heterocycles. The molecule has 5 nitrogen and oxygen atoms in total. The monoisotopic (exact) mass is 219 g/mol. The molecule has 0 aliphatic heterocycles. The molecule has 0 saturated carbocycles. The van der Waals surface area contributed by atoms with E-state index in [-0.39, 0.29) is 5.82 Å². The number of rotatable bonds is 2. The molecule has 0 fully saturated rings. The van der Waals surface area contributed by atoms with Gasteiger partial charge in [0, 0.05) is 5.56 Å². The number of aromatic nitrogens is 2. The number of methoxy groups -OCH3 is 1. The van der Waals surface area contributed by atoms with Crippen molar-refractivity contribution in [3.8, 4) is 17.0 Å². The van der Waals surface area contributed by atoms with Crippen LogP contribution in [0.2, 0.25) is 0 Å². The van der Waals surface area contributed by atoms with E-state index in [4.69, 9.17) is 10.5 Å². The molecule has 1 aromatic heterocycles. The SMILES string of the molecule is COc1cc(C)c(C)cc1-c1nonc1N. The number of hydrogen-bond donors (Lipinski definition) is 1. The summed E-state index contributed by atoms with van der Waals surface area (Å²) in [6.07, 6.45) is 0. The van der Waals surface area contributed by atoms with Crippen molar-refractivity contribution in [2.75, 3.05) is 12.8 Å². The molecule has 16 heavy (non-hydrogen) atoms. The van der Waals surface area contributed by atoms with Gasteiger partial charge in [-0.3, -0.25) is 0 Å². The Bertz CT molecular complexity index is 520. The smallest absolute Gasteiger partial charge is 0.196 e. The van der Waals surface area contributed by atoms with Gasteiger partial charge < -0.3 is 10.5 Å². The van der Waals surface area contributed by atoms with E-state index in [1.54, 1.807) is 7.11 Å². The maximum absolute atomic E-state index is 5.66. The molecule has 2 N–H and O–H groups in total. The van der Waals surface area contributed by atoms with Crippen LogP contribution in [0.1, 0.15) is 11.1 Å². The average molecular weight is 219 g/mol. The summed E-state index contributed by atoms with van der Waals surface area (Å²) in [7, 11) is 1.61. The highest BCUT2D eigenvalue weighted by atomic mass is 16.6. The zero-order chi connectivity index (χ0) is 11.7. The summed E-state index contributed by atoms with van der Waals surface area (Å²) in [5.41, 5.74) is 9.26. The first-order valence-electron chi connectivity index (χ1n) is 4.87. The van der Waals surface area contributed by atoms with Crippen LogP contribution >= 0.6 is 0 Å². The van der Waals surface area contributed by atoms with Crippen LogP contribution in [0, 0.1) is 13.8 Å². The lowest BCUT2D eigenvalue weighted by atomic mass is 10.0. The van der Waals surface area contributed by atoms with Crippen LogP contribution in [0.25, 0.3) is 11.3 Å². The van der Waals surface area contributed by atoms with Crippen molar-refractivity contribution in [3.05, 3.63) is 23.3 Å². The van der Waals surface area contributed by atoms with Gasteiger partial charge in [-0.1, -0.05) is 0 Å². The molecule has 0 spiro atoms. The molecule has 0 aliphatic carbocycles. The summed E-state index contributed by atoms with van der Waals surface area (Å²) in [6, 6.07) is 3.91. The summed E-state index contributed by atoms with van der Waals surface area (Å²) >= 11 is 0. The molecule has 2 aromatic rings. The van der Waals surface area contributed by atoms with Gasteiger partial charge in [-0.15, -0.1) is 0 Å². The zero-order valence-corrected chi connectivity index (χ0v) is 9.44. The van der Waals surface area contributed by atoms with E-state index in [9.17, 15) is 0 Å². The molecule has 5 heteroatoms. The van der Waals surface area contributed by atoms with E-state index in [1.807, 2.05) is 26.0 Å². The second-order valence-electron chi connectivity index (χ2n) is 3.63. The Balaban J connectivity index is 2.64. The van der Waals surface area contributed by atoms with E-state index in [0.717, 1.165) is 16.7 Å². The number of nitrogens with two attached hydrogens (primary N) is 1. The Morgan fingerprint density at radius 2 is 1.88 bits per heavy atom. The Morgan fingerprint density at radius 1 is 1.19 bits per heavy atom. The second-order valence-corrected chi connectivity index (χ2v) is 3.63. The average Bonchev–Trinajstić information content (AvgIpc) is 2.68. The molecule has 0 amide bonds. The molecule has 0 aliphatic rings. The van der Waals surface area contributed by atoms with Gasteiger partial charge in [-0.2, -0.15) is 0 Å². The van der Waals surface area contributed by atoms with Gasteiger partial charge in [-0.05, 0) is 47.4 Å². The maximum Gasteiger partial charge on any atom is 0.196 e. The minimum atomic E-state index is 0.265. The normalized spacial score (nSPS) is 10.4. The van der Waals surface area contributed by atoms with Gasteiger partial charge in [0.2, 0.25) is 0 Å². The van der Waals surface area contributed by atoms with Crippen LogP contribution < -0.4 is 10.5 Å². The number of nitrogens with zero attached hydrogens (tertiary/aromatic N) is 2. The van der Waals surface area contributed by atoms with E-state index >= 15 is 0 Å². The molecule has 84 valence electrons. The van der Waals surface area contributed by atoms with Crippen LogP contribution in [0.3, 0.4) is 0 Å². The van der Waals surface area contributed by atoms with Crippen LogP contribution in [-0.4, -0.2) is 17.4 Å². The van der Waals surface area contributed by atoms with Crippen LogP contribution in [0.5, 0.6) is 5.75 Å². The lowest BCUT2D eigenvalue weighted by Gasteiger charge is -2.09. The van der Waals surface area contributed by atoms with Gasteiger partial charge in [0.1, 0.15) is 5.75 Å². The Morgan fingerprint density at radius 3 is 2.44 bits per heavy atom. The Kier molecular flexibility index (Phi) is 2.52. The number of aryl methyl sites for hydroxylation is 2. The topological polar surface area (TPSA) is 74.2 Å². The summed E-state index contributed by atoms with van der Waals surface area (Å²) in [4.78, 5) is 0. The standard InChI is InChI=1S/C11H13N3O2/c1-6-4-8(9(15-3)5-7(6)2)10-11(12)14-16-13-10/h4-5H,1-3H3,(H2,12,14). The van der Waals surface area contributed by atoms with Crippen molar-refractivity contribution in [1.82, 2.24) is 10.3 Å². The van der Waals surface area contributed by atoms with Gasteiger partial charge in [0.05, 0.1) is 7.11 Å². The van der Waals surface area contributed by atoms with Crippen LogP contribution in [-0.2, 0) is 0 Å². The van der Waals surface area contributed by atoms with Crippen molar-refractivity contribution >= 4 is 5.82 Å². The highest BCUT2D eigenvalue weighted by Gasteiger charge is 2.15. The van der Waals surface area contributed by atoms with Gasteiger partial charge in [0.15, 0.2) is 11.5 Å². The molecule has 0 atom stereocenters. The van der Waals surface area contributed by atoms with Crippen molar-refractivity contribution in [2.24, 2.45) is 0 Å². The molecule has 2 rings (SSSR count). The summed E-state index contributed by atoms with van der Waals surface area (Å²) < 4.78 is 9.88. The first-order valence-corrected chi connectivity index (χ1v) is 4.87. The molecular weight excluding hydrogens is 206 g/mol. The molecule has 0 saturated heterocycles. The van der Waals surface area contributed by atoms with E-state index in [0.29, 0.717) is 11.4 Å². The Hall–Kier alpha value is -2.04. The molecule has 0 unspecified atom stereocenters. The molecule has 0 radical (unpaired) electrons. The highest BCUT2D eigenvalue weighted by Crippen LogP contribution is 2.33. The first-order chi connectivity index (χ1) is 7.63. The third kappa shape index (κ3) is 1.60. The van der Waals surface area contributed by atoms with Crippen LogP contribution in [0.15, 0.2) is 16.8 Å². The highest BCUT2D eigenvalue weighted by molar-refractivity contribution is 5.75. The third-order valence-corrected chi connectivity index (χ3v) is 2.58. The predicted molar refractivity (Wildman–Crippen MR) is 60.2 cm³/mol. The van der Waals surface area contributed by atoms with Crippen LogP contribution in [0.4, 0.5) is 5.82 Å². The molecule has 1 aromatic carbocycles. The fourth-order valence-electron chi connectivity index (χ4n) is 1.53. The lowest BCUT2D eigenvalue weighted by Crippen LogP contribution is -1.94. The minimum absolute atomic E-state index is 0.265. The second kappa shape index (κ2) is 3.84. The number of anilines is 1. The quantitative estimate of drug-likeness (QED) is 0.835. The summed E-state index contributed by atoms with van der Waals surface area (Å²) in [5, 5.41) is 7.33. The van der Waals surface area contributed by atoms with Crippen molar-refractivity contribution in [1.29, 1.82) is 0 Å². The third-order valence-electron chi connectivity index (χ3n) is 2.58. The fourth-order valence-corrected chi connectivity index (χ4v) is 1.53. The van der Waals surface area contributed by atoms with Gasteiger partial charge in [-0.25, -0.2) is 4.63 Å². The van der Waals surface area contributed by atoms with Crippen molar-refractivity contribution in [3.63, 3.8) is 0 Å². The van der Waals surface area contributed by atoms with Gasteiger partial charge >= 0.3 is 0 Å². The summed E-state index contributed by atoms with van der Waals surface area (Å²) in [5.74, 6) is 0.979. The minimum Gasteiger partial charge on any atom is -0.496 e. The summed E-state index contributed by atoms with van der Waals surface area (Å²) in [6.45, 7) is 4.04. The van der Waals surface area contributed by atoms with Crippen molar-refractivity contribution in [2.45, 2.75) is 13.8 Å². The molecular formula is C11H13N3O2. The zero-order valence-electron chi connectivity index (χ0n) is 9.44.